The number of aryl methyl sites for hydroxylation is 2. The quantitative estimate of drug-likeness (QED) is 0.557. The van der Waals surface area contributed by atoms with Gasteiger partial charge in [0.25, 0.3) is 0 Å². The molecule has 0 N–H and O–H groups in total. The van der Waals surface area contributed by atoms with Gasteiger partial charge in [0.05, 0.1) is 10.3 Å². The van der Waals surface area contributed by atoms with Crippen molar-refractivity contribution in [1.82, 2.24) is 14.3 Å². The van der Waals surface area contributed by atoms with Crippen LogP contribution in [0.2, 0.25) is 0 Å². The molecule has 2 aromatic heterocycles. The van der Waals surface area contributed by atoms with E-state index in [0.29, 0.717) is 31.1 Å². The Labute approximate surface area is 194 Å². The van der Waals surface area contributed by atoms with E-state index in [0.717, 1.165) is 42.2 Å². The second kappa shape index (κ2) is 8.72. The number of rotatable bonds is 5. The molecule has 1 atom stereocenters. The van der Waals surface area contributed by atoms with Crippen LogP contribution < -0.4 is 4.90 Å². The standard InChI is InChI=1S/C24H30N4O2S2/c1-3-4-18-6-8-19(9-7-18)32(29,30)28-13-11-27(12-14-28)23-22-20-10-5-17(2)15-21(20)31-24(22)26-16-25-23/h6-9,16-17H,3-5,10-15H2,1-2H3/t17-/m1/s1. The third-order valence-corrected chi connectivity index (χ3v) is 9.78. The van der Waals surface area contributed by atoms with Crippen molar-refractivity contribution in [2.24, 2.45) is 5.92 Å². The van der Waals surface area contributed by atoms with Crippen LogP contribution in [0.5, 0.6) is 0 Å². The maximum absolute atomic E-state index is 13.2. The van der Waals surface area contributed by atoms with Gasteiger partial charge in [0.1, 0.15) is 17.0 Å². The Morgan fingerprint density at radius 2 is 1.84 bits per heavy atom. The van der Waals surface area contributed by atoms with E-state index in [4.69, 9.17) is 0 Å². The zero-order valence-corrected chi connectivity index (χ0v) is 20.4. The first kappa shape index (κ1) is 21.8. The molecule has 1 aliphatic heterocycles. The molecule has 5 rings (SSSR count). The SMILES string of the molecule is CCCc1ccc(S(=O)(=O)N2CCN(c3ncnc4sc5c(c34)CC[C@@H](C)C5)CC2)cc1. The van der Waals surface area contributed by atoms with E-state index in [1.54, 1.807) is 34.1 Å². The van der Waals surface area contributed by atoms with Crippen molar-refractivity contribution in [2.75, 3.05) is 31.1 Å². The van der Waals surface area contributed by atoms with Gasteiger partial charge in [0.2, 0.25) is 10.0 Å². The monoisotopic (exact) mass is 470 g/mol. The fourth-order valence-electron chi connectivity index (χ4n) is 4.90. The number of fused-ring (bicyclic) bond motifs is 3. The third kappa shape index (κ3) is 3.93. The molecule has 2 aliphatic rings. The molecule has 0 unspecified atom stereocenters. The highest BCUT2D eigenvalue weighted by molar-refractivity contribution is 7.89. The average Bonchev–Trinajstić information content (AvgIpc) is 3.17. The second-order valence-corrected chi connectivity index (χ2v) is 12.0. The molecule has 1 fully saturated rings. The molecule has 8 heteroatoms. The summed E-state index contributed by atoms with van der Waals surface area (Å²) < 4.78 is 28.0. The molecule has 0 bridgehead atoms. The molecular weight excluding hydrogens is 440 g/mol. The van der Waals surface area contributed by atoms with E-state index in [-0.39, 0.29) is 0 Å². The summed E-state index contributed by atoms with van der Waals surface area (Å²) in [5.74, 6) is 1.69. The van der Waals surface area contributed by atoms with E-state index in [9.17, 15) is 8.42 Å². The van der Waals surface area contributed by atoms with Gasteiger partial charge in [-0.25, -0.2) is 18.4 Å². The molecule has 0 radical (unpaired) electrons. The van der Waals surface area contributed by atoms with Crippen LogP contribution >= 0.6 is 11.3 Å². The number of sulfonamides is 1. The molecule has 1 aliphatic carbocycles. The smallest absolute Gasteiger partial charge is 0.243 e. The third-order valence-electron chi connectivity index (χ3n) is 6.71. The number of thiophene rings is 1. The molecule has 1 aromatic carbocycles. The maximum Gasteiger partial charge on any atom is 0.243 e. The van der Waals surface area contributed by atoms with Gasteiger partial charge in [-0.05, 0) is 54.9 Å². The maximum atomic E-state index is 13.2. The Morgan fingerprint density at radius 3 is 2.56 bits per heavy atom. The zero-order valence-electron chi connectivity index (χ0n) is 18.7. The Hall–Kier alpha value is -2.03. The number of hydrogen-bond donors (Lipinski definition) is 0. The summed E-state index contributed by atoms with van der Waals surface area (Å²) in [5.41, 5.74) is 2.60. The van der Waals surface area contributed by atoms with Gasteiger partial charge < -0.3 is 4.90 Å². The minimum absolute atomic E-state index is 0.385. The lowest BCUT2D eigenvalue weighted by atomic mass is 9.89. The van der Waals surface area contributed by atoms with E-state index < -0.39 is 10.0 Å². The molecule has 1 saturated heterocycles. The first-order valence-corrected chi connectivity index (χ1v) is 13.8. The molecule has 32 heavy (non-hydrogen) atoms. The summed E-state index contributed by atoms with van der Waals surface area (Å²) in [7, 11) is -3.48. The highest BCUT2D eigenvalue weighted by Gasteiger charge is 2.31. The average molecular weight is 471 g/mol. The lowest BCUT2D eigenvalue weighted by Gasteiger charge is -2.35. The van der Waals surface area contributed by atoms with Gasteiger partial charge in [0, 0.05) is 31.1 Å². The van der Waals surface area contributed by atoms with Crippen molar-refractivity contribution >= 4 is 37.4 Å². The molecule has 3 heterocycles. The minimum Gasteiger partial charge on any atom is -0.353 e. The summed E-state index contributed by atoms with van der Waals surface area (Å²) in [6.45, 7) is 6.65. The van der Waals surface area contributed by atoms with Crippen LogP contribution in [-0.4, -0.2) is 48.9 Å². The molecule has 170 valence electrons. The molecule has 0 amide bonds. The number of aromatic nitrogens is 2. The first-order chi connectivity index (χ1) is 15.5. The van der Waals surface area contributed by atoms with E-state index in [1.807, 2.05) is 12.1 Å². The van der Waals surface area contributed by atoms with Crippen LogP contribution in [0, 0.1) is 5.92 Å². The summed E-state index contributed by atoms with van der Waals surface area (Å²) >= 11 is 1.80. The van der Waals surface area contributed by atoms with Crippen molar-refractivity contribution in [3.63, 3.8) is 0 Å². The van der Waals surface area contributed by atoms with Crippen LogP contribution in [0.25, 0.3) is 10.2 Å². The Morgan fingerprint density at radius 1 is 1.09 bits per heavy atom. The second-order valence-electron chi connectivity index (χ2n) is 9.01. The number of anilines is 1. The minimum atomic E-state index is -3.48. The van der Waals surface area contributed by atoms with Crippen molar-refractivity contribution in [2.45, 2.75) is 50.8 Å². The van der Waals surface area contributed by atoms with Gasteiger partial charge >= 0.3 is 0 Å². The van der Waals surface area contributed by atoms with E-state index in [2.05, 4.69) is 28.7 Å². The lowest BCUT2D eigenvalue weighted by molar-refractivity contribution is 0.384. The highest BCUT2D eigenvalue weighted by Crippen LogP contribution is 2.40. The Bertz CT molecular complexity index is 1210. The van der Waals surface area contributed by atoms with Crippen LogP contribution in [0.15, 0.2) is 35.5 Å². The molecule has 0 saturated carbocycles. The largest absolute Gasteiger partial charge is 0.353 e. The predicted octanol–water partition coefficient (Wildman–Crippen LogP) is 4.28. The van der Waals surface area contributed by atoms with Crippen molar-refractivity contribution in [3.05, 3.63) is 46.6 Å². The van der Waals surface area contributed by atoms with Crippen molar-refractivity contribution in [3.8, 4) is 0 Å². The molecular formula is C24H30N4O2S2. The molecule has 3 aromatic rings. The molecule has 6 nitrogen and oxygen atoms in total. The number of piperazine rings is 1. The van der Waals surface area contributed by atoms with Gasteiger partial charge in [-0.15, -0.1) is 11.3 Å². The summed E-state index contributed by atoms with van der Waals surface area (Å²) in [4.78, 5) is 14.4. The first-order valence-electron chi connectivity index (χ1n) is 11.6. The summed E-state index contributed by atoms with van der Waals surface area (Å²) in [6, 6.07) is 7.37. The molecule has 0 spiro atoms. The lowest BCUT2D eigenvalue weighted by Crippen LogP contribution is -2.49. The number of hydrogen-bond acceptors (Lipinski definition) is 6. The van der Waals surface area contributed by atoms with Crippen LogP contribution in [-0.2, 0) is 29.3 Å². The topological polar surface area (TPSA) is 66.4 Å². The Kier molecular flexibility index (Phi) is 5.94. The predicted molar refractivity (Wildman–Crippen MR) is 130 cm³/mol. The van der Waals surface area contributed by atoms with Crippen molar-refractivity contribution in [1.29, 1.82) is 0 Å². The fourth-order valence-corrected chi connectivity index (χ4v) is 7.67. The Balaban J connectivity index is 1.35. The van der Waals surface area contributed by atoms with Gasteiger partial charge in [-0.3, -0.25) is 0 Å². The number of benzene rings is 1. The number of nitrogens with zero attached hydrogens (tertiary/aromatic N) is 4. The summed E-state index contributed by atoms with van der Waals surface area (Å²) in [6.07, 6.45) is 7.09. The summed E-state index contributed by atoms with van der Waals surface area (Å²) in [5, 5.41) is 1.20. The van der Waals surface area contributed by atoms with Gasteiger partial charge in [-0.2, -0.15) is 4.31 Å². The van der Waals surface area contributed by atoms with Gasteiger partial charge in [-0.1, -0.05) is 32.4 Å². The van der Waals surface area contributed by atoms with Crippen LogP contribution in [0.3, 0.4) is 0 Å². The van der Waals surface area contributed by atoms with E-state index >= 15 is 0 Å². The van der Waals surface area contributed by atoms with E-state index in [1.165, 1.54) is 27.8 Å². The normalized spacial score (nSPS) is 19.9. The fraction of sp³-hybridized carbons (Fsp3) is 0.500. The van der Waals surface area contributed by atoms with Crippen LogP contribution in [0.4, 0.5) is 5.82 Å². The highest BCUT2D eigenvalue weighted by atomic mass is 32.2. The van der Waals surface area contributed by atoms with Gasteiger partial charge in [0.15, 0.2) is 0 Å². The zero-order chi connectivity index (χ0) is 22.3. The van der Waals surface area contributed by atoms with Crippen LogP contribution in [0.1, 0.15) is 42.7 Å². The van der Waals surface area contributed by atoms with Crippen molar-refractivity contribution < 1.29 is 8.42 Å².